The van der Waals surface area contributed by atoms with Crippen LogP contribution in [0.3, 0.4) is 0 Å². The minimum absolute atomic E-state index is 0.00601. The Morgan fingerprint density at radius 1 is 1.22 bits per heavy atom. The Morgan fingerprint density at radius 2 is 1.96 bits per heavy atom. The number of nitrogens with one attached hydrogen (secondary N) is 1. The Bertz CT molecular complexity index is 903. The van der Waals surface area contributed by atoms with E-state index in [-0.39, 0.29) is 11.4 Å². The van der Waals surface area contributed by atoms with Gasteiger partial charge in [0.1, 0.15) is 5.69 Å². The highest BCUT2D eigenvalue weighted by Crippen LogP contribution is 2.36. The van der Waals surface area contributed by atoms with Crippen molar-refractivity contribution in [3.8, 4) is 11.5 Å². The number of hydrazone groups is 1. The second-order valence-corrected chi connectivity index (χ2v) is 5.46. The van der Waals surface area contributed by atoms with Crippen LogP contribution in [0.2, 0.25) is 5.02 Å². The number of methoxy groups -OCH3 is 1. The summed E-state index contributed by atoms with van der Waals surface area (Å²) < 4.78 is 10.6. The number of halogens is 1. The molecule has 142 valence electrons. The first-order valence-corrected chi connectivity index (χ1v) is 7.97. The lowest BCUT2D eigenvalue weighted by atomic mass is 10.2. The van der Waals surface area contributed by atoms with Crippen molar-refractivity contribution >= 4 is 34.9 Å². The molecule has 0 saturated heterocycles. The number of benzene rings is 2. The minimum atomic E-state index is -0.734. The van der Waals surface area contributed by atoms with Crippen LogP contribution in [-0.4, -0.2) is 29.8 Å². The zero-order chi connectivity index (χ0) is 20.0. The normalized spacial score (nSPS) is 10.6. The molecule has 0 aliphatic carbocycles. The molecule has 1 N–H and O–H groups in total. The van der Waals surface area contributed by atoms with Crippen LogP contribution < -0.4 is 14.9 Å². The first-order chi connectivity index (χ1) is 12.9. The van der Waals surface area contributed by atoms with E-state index in [0.29, 0.717) is 28.7 Å². The van der Waals surface area contributed by atoms with Gasteiger partial charge in [-0.05, 0) is 30.7 Å². The van der Waals surface area contributed by atoms with Crippen molar-refractivity contribution in [2.24, 2.45) is 5.10 Å². The Balaban J connectivity index is 2.27. The number of nitro benzene ring substituents is 2. The molecular formula is C16H15ClN4O6. The smallest absolute Gasteiger partial charge is 0.301 e. The summed E-state index contributed by atoms with van der Waals surface area (Å²) in [5.74, 6) is 0.810. The van der Waals surface area contributed by atoms with Crippen molar-refractivity contribution in [2.45, 2.75) is 6.92 Å². The van der Waals surface area contributed by atoms with E-state index in [0.717, 1.165) is 12.1 Å². The summed E-state index contributed by atoms with van der Waals surface area (Å²) in [7, 11) is 1.47. The van der Waals surface area contributed by atoms with Gasteiger partial charge >= 0.3 is 5.69 Å². The number of hydrogen-bond acceptors (Lipinski definition) is 8. The van der Waals surface area contributed by atoms with Gasteiger partial charge in [-0.3, -0.25) is 25.7 Å². The molecule has 11 heteroatoms. The maximum atomic E-state index is 11.1. The second kappa shape index (κ2) is 8.81. The molecule has 0 heterocycles. The molecule has 0 bridgehead atoms. The first-order valence-electron chi connectivity index (χ1n) is 7.59. The van der Waals surface area contributed by atoms with Gasteiger partial charge in [0.2, 0.25) is 0 Å². The molecular weight excluding hydrogens is 380 g/mol. The lowest BCUT2D eigenvalue weighted by Crippen LogP contribution is -2.00. The maximum Gasteiger partial charge on any atom is 0.301 e. The highest BCUT2D eigenvalue weighted by molar-refractivity contribution is 6.32. The summed E-state index contributed by atoms with van der Waals surface area (Å²) in [6.07, 6.45) is 1.37. The number of rotatable bonds is 8. The van der Waals surface area contributed by atoms with Gasteiger partial charge in [0.25, 0.3) is 5.69 Å². The third kappa shape index (κ3) is 4.82. The molecule has 0 aliphatic rings. The predicted octanol–water partition coefficient (Wildman–Crippen LogP) is 4.01. The summed E-state index contributed by atoms with van der Waals surface area (Å²) in [5, 5.41) is 26.1. The standard InChI is InChI=1S/C16H15ClN4O6/c1-3-27-15-7-10(6-12(17)16(15)26-2)9-18-19-13-5-4-11(20(22)23)8-14(13)21(24)25/h4-9,19H,3H2,1-2H3/b18-9-. The van der Waals surface area contributed by atoms with E-state index >= 15 is 0 Å². The fraction of sp³-hybridized carbons (Fsp3) is 0.188. The summed E-state index contributed by atoms with van der Waals surface area (Å²) in [6.45, 7) is 2.21. The van der Waals surface area contributed by atoms with Crippen LogP contribution in [-0.2, 0) is 0 Å². The van der Waals surface area contributed by atoms with Crippen LogP contribution >= 0.6 is 11.6 Å². The van der Waals surface area contributed by atoms with E-state index in [1.54, 1.807) is 12.1 Å². The SMILES string of the molecule is CCOc1cc(/C=N\Nc2ccc([N+](=O)[O-])cc2[N+](=O)[O-])cc(Cl)c1OC. The monoisotopic (exact) mass is 394 g/mol. The molecule has 0 aromatic heterocycles. The zero-order valence-electron chi connectivity index (χ0n) is 14.3. The van der Waals surface area contributed by atoms with Crippen molar-refractivity contribution < 1.29 is 19.3 Å². The van der Waals surface area contributed by atoms with Crippen LogP contribution in [0.25, 0.3) is 0 Å². The molecule has 0 fully saturated rings. The Kier molecular flexibility index (Phi) is 6.50. The van der Waals surface area contributed by atoms with Gasteiger partial charge in [-0.1, -0.05) is 11.6 Å². The lowest BCUT2D eigenvalue weighted by molar-refractivity contribution is -0.393. The summed E-state index contributed by atoms with van der Waals surface area (Å²) in [4.78, 5) is 20.4. The van der Waals surface area contributed by atoms with Gasteiger partial charge in [0, 0.05) is 6.07 Å². The Morgan fingerprint density at radius 3 is 2.56 bits per heavy atom. The minimum Gasteiger partial charge on any atom is -0.491 e. The fourth-order valence-electron chi connectivity index (χ4n) is 2.18. The van der Waals surface area contributed by atoms with E-state index < -0.39 is 15.5 Å². The van der Waals surface area contributed by atoms with E-state index in [2.05, 4.69) is 10.5 Å². The summed E-state index contributed by atoms with van der Waals surface area (Å²) in [5.41, 5.74) is 2.20. The van der Waals surface area contributed by atoms with Crippen LogP contribution in [0.15, 0.2) is 35.4 Å². The highest BCUT2D eigenvalue weighted by atomic mass is 35.5. The average Bonchev–Trinajstić information content (AvgIpc) is 2.61. The molecule has 27 heavy (non-hydrogen) atoms. The van der Waals surface area contributed by atoms with Crippen molar-refractivity contribution in [1.29, 1.82) is 0 Å². The highest BCUT2D eigenvalue weighted by Gasteiger charge is 2.19. The molecule has 0 aliphatic heterocycles. The molecule has 0 spiro atoms. The lowest BCUT2D eigenvalue weighted by Gasteiger charge is -2.11. The zero-order valence-corrected chi connectivity index (χ0v) is 15.1. The van der Waals surface area contributed by atoms with E-state index in [4.69, 9.17) is 21.1 Å². The Labute approximate surface area is 158 Å². The van der Waals surface area contributed by atoms with Gasteiger partial charge < -0.3 is 9.47 Å². The van der Waals surface area contributed by atoms with Crippen molar-refractivity contribution in [3.05, 3.63) is 61.1 Å². The maximum absolute atomic E-state index is 11.1. The van der Waals surface area contributed by atoms with E-state index in [1.807, 2.05) is 6.92 Å². The molecule has 2 rings (SSSR count). The number of nitrogens with zero attached hydrogens (tertiary/aromatic N) is 3. The first kappa shape index (κ1) is 19.9. The molecule has 2 aromatic carbocycles. The summed E-state index contributed by atoms with van der Waals surface area (Å²) in [6, 6.07) is 6.43. The van der Waals surface area contributed by atoms with Gasteiger partial charge in [-0.2, -0.15) is 5.10 Å². The van der Waals surface area contributed by atoms with Gasteiger partial charge in [-0.25, -0.2) is 0 Å². The molecule has 0 amide bonds. The third-order valence-electron chi connectivity index (χ3n) is 3.32. The number of nitro groups is 2. The fourth-order valence-corrected chi connectivity index (χ4v) is 2.48. The largest absolute Gasteiger partial charge is 0.491 e. The van der Waals surface area contributed by atoms with Crippen molar-refractivity contribution in [2.75, 3.05) is 19.1 Å². The number of anilines is 1. The van der Waals surface area contributed by atoms with Gasteiger partial charge in [0.15, 0.2) is 11.5 Å². The van der Waals surface area contributed by atoms with E-state index in [9.17, 15) is 20.2 Å². The molecule has 0 saturated carbocycles. The van der Waals surface area contributed by atoms with Crippen LogP contribution in [0.5, 0.6) is 11.5 Å². The van der Waals surface area contributed by atoms with Gasteiger partial charge in [0.05, 0.1) is 40.9 Å². The van der Waals surface area contributed by atoms with Crippen LogP contribution in [0.4, 0.5) is 17.1 Å². The van der Waals surface area contributed by atoms with E-state index in [1.165, 1.54) is 19.4 Å². The third-order valence-corrected chi connectivity index (χ3v) is 3.60. The molecule has 10 nitrogen and oxygen atoms in total. The second-order valence-electron chi connectivity index (χ2n) is 5.05. The Hall–Kier alpha value is -3.40. The van der Waals surface area contributed by atoms with Gasteiger partial charge in [-0.15, -0.1) is 0 Å². The van der Waals surface area contributed by atoms with Crippen molar-refractivity contribution in [3.63, 3.8) is 0 Å². The molecule has 0 unspecified atom stereocenters. The molecule has 0 atom stereocenters. The summed E-state index contributed by atoms with van der Waals surface area (Å²) >= 11 is 6.14. The number of non-ortho nitro benzene ring substituents is 1. The van der Waals surface area contributed by atoms with Crippen LogP contribution in [0, 0.1) is 20.2 Å². The van der Waals surface area contributed by atoms with Crippen LogP contribution in [0.1, 0.15) is 12.5 Å². The average molecular weight is 395 g/mol. The molecule has 2 aromatic rings. The topological polar surface area (TPSA) is 129 Å². The van der Waals surface area contributed by atoms with Crippen molar-refractivity contribution in [1.82, 2.24) is 0 Å². The number of hydrogen-bond donors (Lipinski definition) is 1. The predicted molar refractivity (Wildman–Crippen MR) is 100 cm³/mol. The number of ether oxygens (including phenoxy) is 2. The quantitative estimate of drug-likeness (QED) is 0.406. The molecule has 0 radical (unpaired) electrons.